The largest absolute Gasteiger partial charge is 0.440 e. The first kappa shape index (κ1) is 23.5. The van der Waals surface area contributed by atoms with Crippen LogP contribution in [0.1, 0.15) is 17.0 Å². The number of nitrogens with one attached hydrogen (secondary N) is 1. The molecule has 1 atom stereocenters. The molecule has 0 unspecified atom stereocenters. The van der Waals surface area contributed by atoms with E-state index in [-0.39, 0.29) is 18.4 Å². The number of nitrogens with zero attached hydrogens (tertiary/aromatic N) is 2. The van der Waals surface area contributed by atoms with E-state index in [1.165, 1.54) is 11.3 Å². The van der Waals surface area contributed by atoms with E-state index in [1.54, 1.807) is 19.1 Å². The first-order chi connectivity index (χ1) is 15.4. The van der Waals surface area contributed by atoms with Crippen molar-refractivity contribution in [2.75, 3.05) is 26.2 Å². The van der Waals surface area contributed by atoms with Gasteiger partial charge in [0.2, 0.25) is 11.8 Å². The van der Waals surface area contributed by atoms with Crippen molar-refractivity contribution >= 4 is 52.0 Å². The Hall–Kier alpha value is -1.61. The Labute approximate surface area is 205 Å². The van der Waals surface area contributed by atoms with E-state index in [0.29, 0.717) is 52.1 Å². The molecule has 1 amide bonds. The molecular weight excluding hydrogens is 493 g/mol. The van der Waals surface area contributed by atoms with E-state index in [4.69, 9.17) is 44.0 Å². The quantitative estimate of drug-likeness (QED) is 0.467. The van der Waals surface area contributed by atoms with Crippen molar-refractivity contribution in [3.63, 3.8) is 0 Å². The van der Waals surface area contributed by atoms with Crippen molar-refractivity contribution in [1.29, 1.82) is 0 Å². The summed E-state index contributed by atoms with van der Waals surface area (Å²) >= 11 is 19.7. The van der Waals surface area contributed by atoms with Gasteiger partial charge in [-0.2, -0.15) is 0 Å². The maximum atomic E-state index is 12.5. The molecule has 32 heavy (non-hydrogen) atoms. The summed E-state index contributed by atoms with van der Waals surface area (Å²) in [6.07, 6.45) is 0.0484. The van der Waals surface area contributed by atoms with E-state index in [1.807, 2.05) is 17.5 Å². The van der Waals surface area contributed by atoms with Crippen LogP contribution in [-0.2, 0) is 22.5 Å². The Morgan fingerprint density at radius 3 is 2.84 bits per heavy atom. The number of benzene rings is 1. The number of thiophene rings is 1. The maximum absolute atomic E-state index is 12.5. The van der Waals surface area contributed by atoms with E-state index in [9.17, 15) is 4.79 Å². The van der Waals surface area contributed by atoms with Crippen molar-refractivity contribution in [3.05, 3.63) is 61.7 Å². The molecule has 3 aromatic rings. The molecule has 1 N–H and O–H groups in total. The summed E-state index contributed by atoms with van der Waals surface area (Å²) in [5, 5.41) is 6.51. The second-order valence-corrected chi connectivity index (χ2v) is 9.71. The summed E-state index contributed by atoms with van der Waals surface area (Å²) < 4.78 is 11.5. The van der Waals surface area contributed by atoms with Crippen molar-refractivity contribution in [1.82, 2.24) is 15.2 Å². The van der Waals surface area contributed by atoms with Crippen LogP contribution >= 0.6 is 46.1 Å². The monoisotopic (exact) mass is 513 g/mol. The van der Waals surface area contributed by atoms with E-state index >= 15 is 0 Å². The van der Waals surface area contributed by atoms with Crippen LogP contribution in [0.15, 0.2) is 34.1 Å². The first-order valence-electron chi connectivity index (χ1n) is 10.1. The van der Waals surface area contributed by atoms with Crippen LogP contribution < -0.4 is 5.32 Å². The Balaban J connectivity index is 1.28. The Kier molecular flexibility index (Phi) is 7.76. The second kappa shape index (κ2) is 10.5. The van der Waals surface area contributed by atoms with Crippen LogP contribution in [0.3, 0.4) is 0 Å². The van der Waals surface area contributed by atoms with E-state index in [0.717, 1.165) is 23.5 Å². The van der Waals surface area contributed by atoms with Gasteiger partial charge in [0.05, 0.1) is 39.9 Å². The number of morpholine rings is 1. The molecule has 0 bridgehead atoms. The molecule has 170 valence electrons. The molecule has 0 radical (unpaired) electrons. The molecule has 0 aliphatic carbocycles. The molecule has 4 rings (SSSR count). The van der Waals surface area contributed by atoms with E-state index in [2.05, 4.69) is 15.2 Å². The van der Waals surface area contributed by atoms with Gasteiger partial charge in [-0.25, -0.2) is 4.98 Å². The predicted molar refractivity (Wildman–Crippen MR) is 128 cm³/mol. The van der Waals surface area contributed by atoms with Crippen molar-refractivity contribution < 1.29 is 13.9 Å². The van der Waals surface area contributed by atoms with Crippen molar-refractivity contribution in [3.8, 4) is 10.8 Å². The fraction of sp³-hybridized carbons (Fsp3) is 0.364. The van der Waals surface area contributed by atoms with Gasteiger partial charge < -0.3 is 14.5 Å². The van der Waals surface area contributed by atoms with Crippen LogP contribution in [0.4, 0.5) is 0 Å². The van der Waals surface area contributed by atoms with E-state index < -0.39 is 0 Å². The number of carbonyl (C=O) groups excluding carboxylic acids is 1. The molecular formula is C22H22Cl3N3O3S. The van der Waals surface area contributed by atoms with Gasteiger partial charge >= 0.3 is 0 Å². The standard InChI is InChI=1S/C22H22Cl3N3O3S/c1-13-19(27-22(31-13)21-17(24)4-7-32-21)9-20(29)26-10-15-12-28(5-6-30-15)11-14-2-3-16(23)18(25)8-14/h2-4,7-8,15H,5-6,9-12H2,1H3,(H,26,29)/t15-/m0/s1. The zero-order valence-electron chi connectivity index (χ0n) is 17.4. The van der Waals surface area contributed by atoms with Crippen LogP contribution in [0.25, 0.3) is 10.8 Å². The number of ether oxygens (including phenoxy) is 1. The molecule has 10 heteroatoms. The number of aromatic nitrogens is 1. The lowest BCUT2D eigenvalue weighted by atomic mass is 10.2. The second-order valence-electron chi connectivity index (χ2n) is 7.58. The SMILES string of the molecule is Cc1oc(-c2sccc2Cl)nc1CC(=O)NC[C@H]1CN(Cc2ccc(Cl)c(Cl)c2)CCO1. The lowest BCUT2D eigenvalue weighted by Crippen LogP contribution is -2.47. The highest BCUT2D eigenvalue weighted by Gasteiger charge is 2.22. The summed E-state index contributed by atoms with van der Waals surface area (Å²) in [5.41, 5.74) is 1.69. The number of hydrogen-bond acceptors (Lipinski definition) is 6. The third-order valence-electron chi connectivity index (χ3n) is 5.17. The van der Waals surface area contributed by atoms with Gasteiger partial charge in [0.1, 0.15) is 10.6 Å². The Morgan fingerprint density at radius 1 is 1.25 bits per heavy atom. The highest BCUT2D eigenvalue weighted by Crippen LogP contribution is 2.33. The minimum Gasteiger partial charge on any atom is -0.440 e. The number of rotatable bonds is 7. The fourth-order valence-corrected chi connectivity index (χ4v) is 4.90. The van der Waals surface area contributed by atoms with Crippen LogP contribution in [0.5, 0.6) is 0 Å². The van der Waals surface area contributed by atoms with Gasteiger partial charge in [0.15, 0.2) is 0 Å². The third kappa shape index (κ3) is 5.84. The van der Waals surface area contributed by atoms with Crippen LogP contribution in [0, 0.1) is 6.92 Å². The number of amides is 1. The molecule has 1 aliphatic heterocycles. The zero-order valence-corrected chi connectivity index (χ0v) is 20.5. The van der Waals surface area contributed by atoms with Gasteiger partial charge in [-0.3, -0.25) is 9.69 Å². The highest BCUT2D eigenvalue weighted by atomic mass is 35.5. The van der Waals surface area contributed by atoms with Gasteiger partial charge in [-0.15, -0.1) is 11.3 Å². The number of aryl methyl sites for hydroxylation is 1. The minimum atomic E-state index is -0.129. The highest BCUT2D eigenvalue weighted by molar-refractivity contribution is 7.14. The Morgan fingerprint density at radius 2 is 2.09 bits per heavy atom. The summed E-state index contributed by atoms with van der Waals surface area (Å²) in [5.74, 6) is 0.927. The number of carbonyl (C=O) groups is 1. The number of oxazole rings is 1. The maximum Gasteiger partial charge on any atom is 0.238 e. The molecule has 1 aliphatic rings. The topological polar surface area (TPSA) is 67.6 Å². The first-order valence-corrected chi connectivity index (χ1v) is 12.1. The van der Waals surface area contributed by atoms with Crippen molar-refractivity contribution in [2.24, 2.45) is 0 Å². The lowest BCUT2D eigenvalue weighted by Gasteiger charge is -2.33. The lowest BCUT2D eigenvalue weighted by molar-refractivity contribution is -0.121. The van der Waals surface area contributed by atoms with Crippen molar-refractivity contribution in [2.45, 2.75) is 26.0 Å². The van der Waals surface area contributed by atoms with Gasteiger partial charge in [-0.1, -0.05) is 40.9 Å². The molecule has 0 saturated carbocycles. The molecule has 1 saturated heterocycles. The van der Waals surface area contributed by atoms with Gasteiger partial charge in [-0.05, 0) is 36.1 Å². The molecule has 1 fully saturated rings. The van der Waals surface area contributed by atoms with Gasteiger partial charge in [0, 0.05) is 26.2 Å². The molecule has 0 spiro atoms. The molecule has 2 aromatic heterocycles. The van der Waals surface area contributed by atoms with Crippen LogP contribution in [0.2, 0.25) is 15.1 Å². The summed E-state index contributed by atoms with van der Waals surface area (Å²) in [6, 6.07) is 7.45. The predicted octanol–water partition coefficient (Wildman–Crippen LogP) is 5.23. The number of halogens is 3. The molecule has 1 aromatic carbocycles. The average Bonchev–Trinajstić information content (AvgIpc) is 3.35. The third-order valence-corrected chi connectivity index (χ3v) is 7.24. The average molecular weight is 515 g/mol. The smallest absolute Gasteiger partial charge is 0.238 e. The number of hydrogen-bond donors (Lipinski definition) is 1. The normalized spacial score (nSPS) is 16.9. The molecule has 3 heterocycles. The fourth-order valence-electron chi connectivity index (χ4n) is 3.52. The Bertz CT molecular complexity index is 1100. The van der Waals surface area contributed by atoms with Gasteiger partial charge in [0.25, 0.3) is 0 Å². The minimum absolute atomic E-state index is 0.0886. The van der Waals surface area contributed by atoms with Crippen LogP contribution in [-0.4, -0.2) is 48.1 Å². The summed E-state index contributed by atoms with van der Waals surface area (Å²) in [7, 11) is 0. The summed E-state index contributed by atoms with van der Waals surface area (Å²) in [4.78, 5) is 20.0. The zero-order chi connectivity index (χ0) is 22.7. The molecule has 6 nitrogen and oxygen atoms in total. The summed E-state index contributed by atoms with van der Waals surface area (Å²) in [6.45, 7) is 5.11.